The fraction of sp³-hybridized carbons (Fsp3) is 0.421. The van der Waals surface area contributed by atoms with Gasteiger partial charge in [0.1, 0.15) is 5.78 Å². The lowest BCUT2D eigenvalue weighted by Gasteiger charge is -2.09. The van der Waals surface area contributed by atoms with Crippen molar-refractivity contribution in [1.82, 2.24) is 0 Å². The first kappa shape index (κ1) is 23.2. The van der Waals surface area contributed by atoms with Gasteiger partial charge >= 0.3 is 6.03 Å². The van der Waals surface area contributed by atoms with Crippen molar-refractivity contribution in [2.75, 3.05) is 18.1 Å². The smallest absolute Gasteiger partial charge is 0.305 e. The molecule has 1 unspecified atom stereocenters. The summed E-state index contributed by atoms with van der Waals surface area (Å²) in [4.78, 5) is 36.0. The highest BCUT2D eigenvalue weighted by Gasteiger charge is 2.08. The van der Waals surface area contributed by atoms with Gasteiger partial charge in [-0.05, 0) is 36.8 Å². The zero-order valence-corrected chi connectivity index (χ0v) is 18.3. The molecule has 0 aliphatic heterocycles. The van der Waals surface area contributed by atoms with Crippen LogP contribution in [0.4, 0.5) is 10.5 Å². The molecule has 1 aromatic rings. The molecule has 8 heteroatoms. The number of benzene rings is 1. The van der Waals surface area contributed by atoms with E-state index in [9.17, 15) is 9.59 Å². The van der Waals surface area contributed by atoms with Crippen molar-refractivity contribution in [2.45, 2.75) is 40.0 Å². The maximum atomic E-state index is 12.1. The summed E-state index contributed by atoms with van der Waals surface area (Å²) in [5, 5.41) is 4.13. The molecular weight excluding hydrogens is 379 g/mol. The average molecular weight is 406 g/mol. The molecule has 0 aliphatic carbocycles. The van der Waals surface area contributed by atoms with Crippen LogP contribution in [0.15, 0.2) is 33.2 Å². The lowest BCUT2D eigenvalue weighted by Crippen LogP contribution is -2.14. The highest BCUT2D eigenvalue weighted by Crippen LogP contribution is 2.13. The summed E-state index contributed by atoms with van der Waals surface area (Å²) in [7, 11) is 4.30. The Bertz CT molecular complexity index is 760. The van der Waals surface area contributed by atoms with E-state index in [1.807, 2.05) is 25.3 Å². The molecule has 1 N–H and O–H groups in total. The number of rotatable bonds is 7. The quantitative estimate of drug-likeness (QED) is 0.420. The van der Waals surface area contributed by atoms with Gasteiger partial charge in [0.05, 0.1) is 10.8 Å². The Morgan fingerprint density at radius 3 is 2.63 bits per heavy atom. The molecule has 1 atom stereocenters. The first-order chi connectivity index (χ1) is 12.9. The number of unbranched alkanes of at least 4 members (excludes halogenated alkanes) is 1. The number of urea groups is 1. The van der Waals surface area contributed by atoms with E-state index in [1.54, 1.807) is 20.0 Å². The number of anilines is 1. The van der Waals surface area contributed by atoms with Gasteiger partial charge in [0.2, 0.25) is 0 Å². The predicted octanol–water partition coefficient (Wildman–Crippen LogP) is 4.10. The van der Waals surface area contributed by atoms with Crippen LogP contribution >= 0.6 is 21.0 Å². The summed E-state index contributed by atoms with van der Waals surface area (Å²) in [6.45, 7) is 5.63. The van der Waals surface area contributed by atoms with Crippen molar-refractivity contribution in [1.29, 1.82) is 0 Å². The molecule has 0 saturated carbocycles. The van der Waals surface area contributed by atoms with Crippen LogP contribution in [0, 0.1) is 0 Å². The Balaban J connectivity index is 2.79. The minimum Gasteiger partial charge on any atom is -0.305 e. The molecule has 0 bridgehead atoms. The number of Topliss-reactive ketones (excluding diaryl/α,β-unsaturated/α-hetero) is 1. The van der Waals surface area contributed by atoms with Gasteiger partial charge in [-0.2, -0.15) is 4.99 Å². The SMILES string of the molecule is CCCC=NC(=NC)c1ccc(NC(=O)N=C(C)SCC(=O)CC)c(P)c1. The van der Waals surface area contributed by atoms with E-state index in [0.717, 1.165) is 23.7 Å². The number of amidine groups is 1. The largest absolute Gasteiger partial charge is 0.346 e. The highest BCUT2D eigenvalue weighted by atomic mass is 32.2. The van der Waals surface area contributed by atoms with Crippen LogP contribution < -0.4 is 10.6 Å². The maximum absolute atomic E-state index is 12.1. The molecule has 0 fully saturated rings. The highest BCUT2D eigenvalue weighted by molar-refractivity contribution is 8.14. The first-order valence-corrected chi connectivity index (χ1v) is 10.4. The fourth-order valence-corrected chi connectivity index (χ4v) is 3.03. The van der Waals surface area contributed by atoms with E-state index < -0.39 is 6.03 Å². The van der Waals surface area contributed by atoms with Gasteiger partial charge in [0.15, 0.2) is 5.84 Å². The molecule has 0 aliphatic rings. The third-order valence-corrected chi connectivity index (χ3v) is 4.94. The molecule has 146 valence electrons. The summed E-state index contributed by atoms with van der Waals surface area (Å²) >= 11 is 1.27. The van der Waals surface area contributed by atoms with Crippen LogP contribution in [0.5, 0.6) is 0 Å². The van der Waals surface area contributed by atoms with Crippen molar-refractivity contribution in [3.63, 3.8) is 0 Å². The number of carbonyl (C=O) groups excluding carboxylic acids is 2. The van der Waals surface area contributed by atoms with E-state index >= 15 is 0 Å². The Morgan fingerprint density at radius 1 is 1.30 bits per heavy atom. The van der Waals surface area contributed by atoms with Gasteiger partial charge < -0.3 is 5.32 Å². The second kappa shape index (κ2) is 12.5. The van der Waals surface area contributed by atoms with Gasteiger partial charge in [-0.15, -0.1) is 21.0 Å². The predicted molar refractivity (Wildman–Crippen MR) is 122 cm³/mol. The van der Waals surface area contributed by atoms with E-state index in [1.165, 1.54) is 11.8 Å². The summed E-state index contributed by atoms with van der Waals surface area (Å²) in [5.74, 6) is 1.11. The fourth-order valence-electron chi connectivity index (χ4n) is 1.96. The number of nitrogens with zero attached hydrogens (tertiary/aromatic N) is 3. The summed E-state index contributed by atoms with van der Waals surface area (Å²) in [5.41, 5.74) is 1.52. The molecule has 1 aromatic carbocycles. The lowest BCUT2D eigenvalue weighted by atomic mass is 10.2. The van der Waals surface area contributed by atoms with E-state index in [4.69, 9.17) is 0 Å². The monoisotopic (exact) mass is 406 g/mol. The van der Waals surface area contributed by atoms with Crippen molar-refractivity contribution in [3.05, 3.63) is 23.8 Å². The van der Waals surface area contributed by atoms with Crippen LogP contribution in [0.25, 0.3) is 0 Å². The summed E-state index contributed by atoms with van der Waals surface area (Å²) < 4.78 is 0. The molecule has 0 heterocycles. The Labute approximate surface area is 167 Å². The van der Waals surface area contributed by atoms with Crippen molar-refractivity contribution >= 4 is 60.9 Å². The normalized spacial score (nSPS) is 12.5. The van der Waals surface area contributed by atoms with Crippen LogP contribution in [-0.4, -0.2) is 41.7 Å². The minimum absolute atomic E-state index is 0.132. The van der Waals surface area contributed by atoms with Gasteiger partial charge in [-0.1, -0.05) is 20.3 Å². The van der Waals surface area contributed by atoms with Crippen molar-refractivity contribution in [2.24, 2.45) is 15.0 Å². The number of thioether (sulfide) groups is 1. The second-order valence-corrected chi connectivity index (χ2v) is 7.48. The van der Waals surface area contributed by atoms with Crippen molar-refractivity contribution < 1.29 is 9.59 Å². The van der Waals surface area contributed by atoms with Crippen LogP contribution in [-0.2, 0) is 4.79 Å². The zero-order chi connectivity index (χ0) is 20.2. The number of ketones is 1. The molecule has 6 nitrogen and oxygen atoms in total. The van der Waals surface area contributed by atoms with Gasteiger partial charge in [0.25, 0.3) is 0 Å². The average Bonchev–Trinajstić information content (AvgIpc) is 2.65. The zero-order valence-electron chi connectivity index (χ0n) is 16.3. The first-order valence-electron chi connectivity index (χ1n) is 8.81. The third-order valence-electron chi connectivity index (χ3n) is 3.49. The summed E-state index contributed by atoms with van der Waals surface area (Å²) in [6.07, 6.45) is 4.28. The standard InChI is InChI=1S/C19H27N4O2PS/c1-5-7-10-21-18(20-4)14-8-9-16(17(26)11-14)23-19(25)22-13(3)27-12-15(24)6-2/h8-11H,5-7,12,26H2,1-4H3,(H,23,25). The molecule has 2 amide bonds. The molecular formula is C19H27N4O2PS. The number of amides is 2. The molecule has 0 aromatic heterocycles. The number of nitrogens with one attached hydrogen (secondary N) is 1. The molecule has 0 saturated heterocycles. The van der Waals surface area contributed by atoms with E-state index in [0.29, 0.717) is 28.7 Å². The second-order valence-electron chi connectivity index (χ2n) is 5.69. The van der Waals surface area contributed by atoms with E-state index in [-0.39, 0.29) is 5.78 Å². The Hall–Kier alpha value is -1.85. The lowest BCUT2D eigenvalue weighted by molar-refractivity contribution is -0.116. The molecule has 27 heavy (non-hydrogen) atoms. The van der Waals surface area contributed by atoms with E-state index in [2.05, 4.69) is 36.5 Å². The Kier molecular flexibility index (Phi) is 10.8. The van der Waals surface area contributed by atoms with Crippen molar-refractivity contribution in [3.8, 4) is 0 Å². The molecule has 1 rings (SSSR count). The van der Waals surface area contributed by atoms with Gasteiger partial charge in [-0.25, -0.2) is 9.79 Å². The van der Waals surface area contributed by atoms with Crippen LogP contribution in [0.2, 0.25) is 0 Å². The maximum Gasteiger partial charge on any atom is 0.346 e. The third kappa shape index (κ3) is 8.59. The van der Waals surface area contributed by atoms with Crippen LogP contribution in [0.1, 0.15) is 45.6 Å². The Morgan fingerprint density at radius 2 is 2.04 bits per heavy atom. The van der Waals surface area contributed by atoms with Gasteiger partial charge in [0, 0.05) is 30.9 Å². The summed E-state index contributed by atoms with van der Waals surface area (Å²) in [6, 6.07) is 5.09. The molecule has 0 spiro atoms. The van der Waals surface area contributed by atoms with Crippen LogP contribution in [0.3, 0.4) is 0 Å². The van der Waals surface area contributed by atoms with Gasteiger partial charge in [-0.3, -0.25) is 9.79 Å². The number of aliphatic imine (C=N–C) groups is 3. The number of hydrogen-bond donors (Lipinski definition) is 1. The topological polar surface area (TPSA) is 83.2 Å². The molecule has 0 radical (unpaired) electrons. The number of carbonyl (C=O) groups is 2. The minimum atomic E-state index is -0.467. The number of hydrogen-bond acceptors (Lipinski definition) is 4.